The molecule has 0 saturated heterocycles. The zero-order chi connectivity index (χ0) is 22.1. The summed E-state index contributed by atoms with van der Waals surface area (Å²) < 4.78 is 7.75. The number of rotatable bonds is 4. The van der Waals surface area contributed by atoms with Crippen molar-refractivity contribution in [3.05, 3.63) is 93.6 Å². The van der Waals surface area contributed by atoms with Crippen molar-refractivity contribution in [3.8, 4) is 17.0 Å². The van der Waals surface area contributed by atoms with E-state index in [1.165, 1.54) is 16.7 Å². The molecule has 0 bridgehead atoms. The first kappa shape index (κ1) is 20.3. The number of amides is 1. The maximum atomic E-state index is 11.8. The first-order chi connectivity index (χ1) is 15.5. The molecule has 5 nitrogen and oxygen atoms in total. The molecule has 0 spiro atoms. The summed E-state index contributed by atoms with van der Waals surface area (Å²) in [5.74, 6) is 0.556. The number of hydrogen-bond acceptors (Lipinski definition) is 4. The number of nitrogens with one attached hydrogen (secondary N) is 1. The molecule has 0 saturated carbocycles. The topological polar surface area (TPSA) is 55.6 Å². The third-order valence-corrected chi connectivity index (χ3v) is 6.18. The minimum absolute atomic E-state index is 0.0533. The summed E-state index contributed by atoms with van der Waals surface area (Å²) >= 11 is 1.61. The van der Waals surface area contributed by atoms with E-state index in [0.717, 1.165) is 21.7 Å². The van der Waals surface area contributed by atoms with Gasteiger partial charge in [-0.15, -0.1) is 11.3 Å². The van der Waals surface area contributed by atoms with Crippen LogP contribution in [0.2, 0.25) is 0 Å². The molecule has 3 aromatic carbocycles. The van der Waals surface area contributed by atoms with Crippen LogP contribution < -0.4 is 14.9 Å². The lowest BCUT2D eigenvalue weighted by Crippen LogP contribution is -2.25. The van der Waals surface area contributed by atoms with E-state index in [1.54, 1.807) is 11.3 Å². The van der Waals surface area contributed by atoms with E-state index < -0.39 is 0 Å². The molecule has 5 rings (SSSR count). The molecule has 0 radical (unpaired) electrons. The maximum Gasteiger partial charge on any atom is 0.262 e. The van der Waals surface area contributed by atoms with Crippen LogP contribution in [-0.4, -0.2) is 17.1 Å². The lowest BCUT2D eigenvalue weighted by Gasteiger charge is -2.19. The van der Waals surface area contributed by atoms with Crippen molar-refractivity contribution in [1.82, 2.24) is 4.57 Å². The van der Waals surface area contributed by atoms with Gasteiger partial charge in [-0.05, 0) is 60.9 Å². The van der Waals surface area contributed by atoms with Gasteiger partial charge in [-0.3, -0.25) is 4.79 Å². The SMILES string of the molecule is Cc1cc(C)cc(N=c2scc(-c3ccc4c(c3)NC(=O)CO4)n2Cc2ccccc2)c1. The molecule has 1 aromatic heterocycles. The average Bonchev–Trinajstić information content (AvgIpc) is 3.15. The van der Waals surface area contributed by atoms with Gasteiger partial charge in [-0.2, -0.15) is 0 Å². The van der Waals surface area contributed by atoms with Crippen molar-refractivity contribution in [3.63, 3.8) is 0 Å². The smallest absolute Gasteiger partial charge is 0.262 e. The van der Waals surface area contributed by atoms with E-state index >= 15 is 0 Å². The monoisotopic (exact) mass is 441 g/mol. The summed E-state index contributed by atoms with van der Waals surface area (Å²) in [5, 5.41) is 5.03. The Bertz CT molecular complexity index is 1350. The van der Waals surface area contributed by atoms with Gasteiger partial charge >= 0.3 is 0 Å². The molecule has 1 aliphatic heterocycles. The van der Waals surface area contributed by atoms with Crippen LogP contribution in [-0.2, 0) is 11.3 Å². The van der Waals surface area contributed by atoms with Gasteiger partial charge in [0, 0.05) is 10.9 Å². The second-order valence-electron chi connectivity index (χ2n) is 7.98. The largest absolute Gasteiger partial charge is 0.482 e. The molecule has 6 heteroatoms. The van der Waals surface area contributed by atoms with Gasteiger partial charge in [0.1, 0.15) is 5.75 Å². The molecular formula is C26H23N3O2S. The van der Waals surface area contributed by atoms with E-state index in [0.29, 0.717) is 18.0 Å². The number of carbonyl (C=O) groups excluding carboxylic acids is 1. The van der Waals surface area contributed by atoms with Crippen LogP contribution in [0.25, 0.3) is 11.3 Å². The predicted octanol–water partition coefficient (Wildman–Crippen LogP) is 5.45. The van der Waals surface area contributed by atoms with E-state index in [4.69, 9.17) is 9.73 Å². The molecule has 1 aliphatic rings. The second-order valence-corrected chi connectivity index (χ2v) is 8.82. The van der Waals surface area contributed by atoms with E-state index in [2.05, 4.69) is 71.6 Å². The third-order valence-electron chi connectivity index (χ3n) is 5.32. The number of hydrogen-bond donors (Lipinski definition) is 1. The molecule has 1 N–H and O–H groups in total. The molecule has 0 atom stereocenters. The normalized spacial score (nSPS) is 13.4. The van der Waals surface area contributed by atoms with Crippen molar-refractivity contribution in [2.75, 3.05) is 11.9 Å². The van der Waals surface area contributed by atoms with Gasteiger partial charge in [-0.1, -0.05) is 36.4 Å². The number of nitrogens with zero attached hydrogens (tertiary/aromatic N) is 2. The summed E-state index contributed by atoms with van der Waals surface area (Å²) in [7, 11) is 0. The number of benzene rings is 3. The molecule has 2 heterocycles. The predicted molar refractivity (Wildman–Crippen MR) is 129 cm³/mol. The number of carbonyl (C=O) groups is 1. The third kappa shape index (κ3) is 4.22. The zero-order valence-corrected chi connectivity index (χ0v) is 18.8. The maximum absolute atomic E-state index is 11.8. The molecule has 0 aliphatic carbocycles. The van der Waals surface area contributed by atoms with Crippen molar-refractivity contribution in [2.24, 2.45) is 4.99 Å². The summed E-state index contributed by atoms with van der Waals surface area (Å²) in [6.07, 6.45) is 0. The van der Waals surface area contributed by atoms with E-state index in [9.17, 15) is 4.79 Å². The second kappa shape index (κ2) is 8.48. The number of aryl methyl sites for hydroxylation is 2. The summed E-state index contributed by atoms with van der Waals surface area (Å²) in [5.41, 5.74) is 7.28. The number of anilines is 1. The number of fused-ring (bicyclic) bond motifs is 1. The highest BCUT2D eigenvalue weighted by molar-refractivity contribution is 7.07. The zero-order valence-electron chi connectivity index (χ0n) is 18.0. The van der Waals surface area contributed by atoms with Gasteiger partial charge in [-0.25, -0.2) is 4.99 Å². The Morgan fingerprint density at radius 1 is 1.03 bits per heavy atom. The van der Waals surface area contributed by atoms with Crippen LogP contribution in [0.15, 0.2) is 77.1 Å². The lowest BCUT2D eigenvalue weighted by molar-refractivity contribution is -0.118. The summed E-state index contributed by atoms with van der Waals surface area (Å²) in [4.78, 5) is 17.7. The average molecular weight is 442 g/mol. The van der Waals surface area contributed by atoms with E-state index in [1.807, 2.05) is 24.3 Å². The minimum Gasteiger partial charge on any atom is -0.482 e. The molecule has 32 heavy (non-hydrogen) atoms. The highest BCUT2D eigenvalue weighted by atomic mass is 32.1. The Morgan fingerprint density at radius 2 is 1.81 bits per heavy atom. The fourth-order valence-electron chi connectivity index (χ4n) is 3.94. The van der Waals surface area contributed by atoms with Gasteiger partial charge in [0.2, 0.25) is 0 Å². The quantitative estimate of drug-likeness (QED) is 0.458. The van der Waals surface area contributed by atoms with Crippen molar-refractivity contribution < 1.29 is 9.53 Å². The summed E-state index contributed by atoms with van der Waals surface area (Å²) in [6.45, 7) is 4.93. The van der Waals surface area contributed by atoms with Gasteiger partial charge < -0.3 is 14.6 Å². The Labute approximate surface area is 190 Å². The highest BCUT2D eigenvalue weighted by Gasteiger charge is 2.18. The Kier molecular flexibility index (Phi) is 5.37. The first-order valence-electron chi connectivity index (χ1n) is 10.5. The van der Waals surface area contributed by atoms with Crippen LogP contribution in [0.1, 0.15) is 16.7 Å². The molecule has 160 valence electrons. The van der Waals surface area contributed by atoms with Crippen LogP contribution in [0.3, 0.4) is 0 Å². The van der Waals surface area contributed by atoms with E-state index in [-0.39, 0.29) is 12.5 Å². The fraction of sp³-hybridized carbons (Fsp3) is 0.154. The molecule has 4 aromatic rings. The highest BCUT2D eigenvalue weighted by Crippen LogP contribution is 2.33. The molecule has 0 unspecified atom stereocenters. The Balaban J connectivity index is 1.64. The molecule has 1 amide bonds. The summed E-state index contributed by atoms with van der Waals surface area (Å²) in [6, 6.07) is 22.6. The fourth-order valence-corrected chi connectivity index (χ4v) is 4.86. The van der Waals surface area contributed by atoms with Crippen LogP contribution in [0, 0.1) is 13.8 Å². The van der Waals surface area contributed by atoms with Crippen molar-refractivity contribution >= 4 is 28.6 Å². The molecular weight excluding hydrogens is 418 g/mol. The number of thiazole rings is 1. The van der Waals surface area contributed by atoms with Crippen molar-refractivity contribution in [2.45, 2.75) is 20.4 Å². The van der Waals surface area contributed by atoms with Gasteiger partial charge in [0.25, 0.3) is 5.91 Å². The molecule has 0 fully saturated rings. The Hall–Kier alpha value is -3.64. The lowest BCUT2D eigenvalue weighted by atomic mass is 10.1. The van der Waals surface area contributed by atoms with Gasteiger partial charge in [0.05, 0.1) is 23.6 Å². The van der Waals surface area contributed by atoms with Crippen LogP contribution >= 0.6 is 11.3 Å². The number of aromatic nitrogens is 1. The van der Waals surface area contributed by atoms with Gasteiger partial charge in [0.15, 0.2) is 11.4 Å². The minimum atomic E-state index is -0.136. The number of ether oxygens (including phenoxy) is 1. The Morgan fingerprint density at radius 3 is 2.59 bits per heavy atom. The van der Waals surface area contributed by atoms with Crippen LogP contribution in [0.5, 0.6) is 5.75 Å². The standard InChI is InChI=1S/C26H23N3O2S/c1-17-10-18(2)12-21(11-17)27-26-29(14-19-6-4-3-5-7-19)23(16-32-26)20-8-9-24-22(13-20)28-25(30)15-31-24/h3-13,16H,14-15H2,1-2H3,(H,28,30). The first-order valence-corrected chi connectivity index (χ1v) is 11.4. The van der Waals surface area contributed by atoms with Crippen LogP contribution in [0.4, 0.5) is 11.4 Å². The van der Waals surface area contributed by atoms with Crippen molar-refractivity contribution in [1.29, 1.82) is 0 Å².